The summed E-state index contributed by atoms with van der Waals surface area (Å²) in [6.07, 6.45) is 19.8. The maximum Gasteiger partial charge on any atom is 0.253 e. The Kier molecular flexibility index (Phi) is 19.8. The minimum Gasteiger partial charge on any atom is -0.493 e. The van der Waals surface area contributed by atoms with Crippen molar-refractivity contribution in [2.75, 3.05) is 102 Å². The molecule has 0 atom stereocenters. The molecule has 386 valence electrons. The summed E-state index contributed by atoms with van der Waals surface area (Å²) in [5.74, 6) is 0.618. The fraction of sp³-hybridized carbons (Fsp3) is 0.333. The lowest BCUT2D eigenvalue weighted by molar-refractivity contribution is -0.140. The molecule has 0 aliphatic carbocycles. The van der Waals surface area contributed by atoms with Crippen LogP contribution in [0.1, 0.15) is 36.0 Å². The van der Waals surface area contributed by atoms with E-state index in [1.54, 1.807) is 72.9 Å². The van der Waals surface area contributed by atoms with Crippen molar-refractivity contribution in [1.82, 2.24) is 19.6 Å². The largest absolute Gasteiger partial charge is 0.493 e. The fourth-order valence-electron chi connectivity index (χ4n) is 7.77. The van der Waals surface area contributed by atoms with Crippen molar-refractivity contribution >= 4 is 53.7 Å². The lowest BCUT2D eigenvalue weighted by Gasteiger charge is -2.24. The number of imide groups is 3. The van der Waals surface area contributed by atoms with Crippen molar-refractivity contribution in [2.24, 2.45) is 0 Å². The molecule has 3 heterocycles. The van der Waals surface area contributed by atoms with Gasteiger partial charge in [0, 0.05) is 57.5 Å². The summed E-state index contributed by atoms with van der Waals surface area (Å²) in [6.45, 7) is 2.35. The molecule has 73 heavy (non-hydrogen) atoms. The van der Waals surface area contributed by atoms with Crippen LogP contribution in [0.3, 0.4) is 0 Å². The third-order valence-corrected chi connectivity index (χ3v) is 11.6. The monoisotopic (exact) mass is 1000 g/mol. The highest BCUT2D eigenvalue weighted by Crippen LogP contribution is 2.41. The summed E-state index contributed by atoms with van der Waals surface area (Å²) in [6, 6.07) is 10.2. The molecular formula is C54H60N4O15. The Hall–Kier alpha value is -8.32. The molecule has 0 bridgehead atoms. The normalized spacial score (nSPS) is 14.7. The van der Waals surface area contributed by atoms with Crippen LogP contribution in [-0.4, -0.2) is 157 Å². The average Bonchev–Trinajstić information content (AvgIpc) is 3.41. The van der Waals surface area contributed by atoms with Crippen molar-refractivity contribution < 1.29 is 71.4 Å². The van der Waals surface area contributed by atoms with Crippen LogP contribution >= 0.6 is 0 Å². The first kappa shape index (κ1) is 54.0. The number of carbonyl (C=O) groups excluding carboxylic acids is 6. The number of amides is 6. The molecule has 0 aromatic heterocycles. The van der Waals surface area contributed by atoms with Gasteiger partial charge in [0.25, 0.3) is 35.4 Å². The van der Waals surface area contributed by atoms with Gasteiger partial charge in [0.15, 0.2) is 34.5 Å². The summed E-state index contributed by atoms with van der Waals surface area (Å²) in [5, 5.41) is 0. The summed E-state index contributed by atoms with van der Waals surface area (Å²) in [7, 11) is 8.92. The quantitative estimate of drug-likeness (QED) is 0.101. The van der Waals surface area contributed by atoms with E-state index in [1.807, 2.05) is 4.90 Å². The maximum absolute atomic E-state index is 12.8. The van der Waals surface area contributed by atoms with Crippen LogP contribution in [0, 0.1) is 0 Å². The molecule has 3 aromatic rings. The van der Waals surface area contributed by atoms with Crippen LogP contribution < -0.4 is 42.6 Å². The Bertz CT molecular complexity index is 2340. The van der Waals surface area contributed by atoms with Gasteiger partial charge in [-0.1, -0.05) is 18.2 Å². The van der Waals surface area contributed by atoms with Crippen LogP contribution in [0.2, 0.25) is 0 Å². The van der Waals surface area contributed by atoms with Crippen LogP contribution in [0.15, 0.2) is 91.1 Å². The Morgan fingerprint density at radius 2 is 0.685 bits per heavy atom. The van der Waals surface area contributed by atoms with Gasteiger partial charge in [-0.15, -0.1) is 0 Å². The smallest absolute Gasteiger partial charge is 0.253 e. The Balaban J connectivity index is 1.18. The minimum absolute atomic E-state index is 0.141. The molecule has 0 unspecified atom stereocenters. The van der Waals surface area contributed by atoms with E-state index < -0.39 is 17.7 Å². The van der Waals surface area contributed by atoms with E-state index in [-0.39, 0.29) is 37.5 Å². The zero-order valence-corrected chi connectivity index (χ0v) is 41.8. The Morgan fingerprint density at radius 1 is 0.438 bits per heavy atom. The maximum atomic E-state index is 12.8. The number of methoxy groups -OCH3 is 6. The van der Waals surface area contributed by atoms with Crippen molar-refractivity contribution in [3.05, 3.63) is 108 Å². The topological polar surface area (TPSA) is 198 Å². The third kappa shape index (κ3) is 14.4. The van der Waals surface area contributed by atoms with E-state index in [2.05, 4.69) is 0 Å². The second-order valence-electron chi connectivity index (χ2n) is 16.2. The molecule has 3 aliphatic heterocycles. The predicted molar refractivity (Wildman–Crippen MR) is 270 cm³/mol. The molecule has 3 aromatic carbocycles. The van der Waals surface area contributed by atoms with Crippen molar-refractivity contribution in [3.63, 3.8) is 0 Å². The number of rotatable bonds is 24. The molecule has 0 saturated heterocycles. The molecule has 19 heteroatoms. The fourth-order valence-corrected chi connectivity index (χ4v) is 7.77. The zero-order valence-electron chi connectivity index (χ0n) is 41.8. The number of benzene rings is 3. The standard InChI is InChI=1S/C54H60N4O15/c1-65-40-31-37(16-19-49(62)56-22-10-7-13-46(56)59)32-41(66-2)52(40)71-28-25-55(26-29-72-53-42(67-3)33-38(34-43(53)68-4)17-20-50(63)57-23-11-8-14-47(57)60)27-30-73-54-44(69-5)35-39(36-45(54)70-6)18-21-51(64)58-24-12-9-15-48(58)61/h7-9,13-21,31-36H,10-12,22-30H2,1-6H3/b19-16+,20-17+,21-18+. The molecule has 0 spiro atoms. The van der Waals surface area contributed by atoms with Gasteiger partial charge < -0.3 is 42.6 Å². The highest BCUT2D eigenvalue weighted by molar-refractivity contribution is 6.08. The van der Waals surface area contributed by atoms with Crippen LogP contribution in [-0.2, 0) is 28.8 Å². The highest BCUT2D eigenvalue weighted by atomic mass is 16.6. The van der Waals surface area contributed by atoms with Crippen molar-refractivity contribution in [3.8, 4) is 51.7 Å². The molecule has 19 nitrogen and oxygen atoms in total. The van der Waals surface area contributed by atoms with Gasteiger partial charge in [-0.25, -0.2) is 0 Å². The van der Waals surface area contributed by atoms with Crippen LogP contribution in [0.25, 0.3) is 18.2 Å². The minimum atomic E-state index is -0.444. The van der Waals surface area contributed by atoms with Crippen molar-refractivity contribution in [1.29, 1.82) is 0 Å². The van der Waals surface area contributed by atoms with E-state index in [0.717, 1.165) is 0 Å². The molecule has 0 fully saturated rings. The first-order valence-corrected chi connectivity index (χ1v) is 23.4. The molecule has 0 radical (unpaired) electrons. The second kappa shape index (κ2) is 26.8. The van der Waals surface area contributed by atoms with E-state index in [9.17, 15) is 28.8 Å². The molecular weight excluding hydrogens is 945 g/mol. The second-order valence-corrected chi connectivity index (χ2v) is 16.2. The summed E-state index contributed by atoms with van der Waals surface area (Å²) >= 11 is 0. The summed E-state index contributed by atoms with van der Waals surface area (Å²) < 4.78 is 53.2. The predicted octanol–water partition coefficient (Wildman–Crippen LogP) is 5.56. The number of ether oxygens (including phenoxy) is 9. The lowest BCUT2D eigenvalue weighted by Crippen LogP contribution is -2.37. The van der Waals surface area contributed by atoms with Gasteiger partial charge in [0.05, 0.1) is 42.7 Å². The third-order valence-electron chi connectivity index (χ3n) is 11.6. The molecule has 6 rings (SSSR count). The van der Waals surface area contributed by atoms with Gasteiger partial charge in [-0.2, -0.15) is 0 Å². The summed E-state index contributed by atoms with van der Waals surface area (Å²) in [5.41, 5.74) is 1.74. The number of hydrogen-bond donors (Lipinski definition) is 0. The molecule has 3 aliphatic rings. The first-order chi connectivity index (χ1) is 35.4. The molecule has 6 amide bonds. The lowest BCUT2D eigenvalue weighted by atomic mass is 10.1. The molecule has 0 saturated carbocycles. The average molecular weight is 1010 g/mol. The number of carbonyl (C=O) groups is 6. The van der Waals surface area contributed by atoms with Gasteiger partial charge in [0.1, 0.15) is 19.8 Å². The summed E-state index contributed by atoms with van der Waals surface area (Å²) in [4.78, 5) is 80.7. The highest BCUT2D eigenvalue weighted by Gasteiger charge is 2.23. The van der Waals surface area contributed by atoms with Crippen LogP contribution in [0.4, 0.5) is 0 Å². The first-order valence-electron chi connectivity index (χ1n) is 23.4. The van der Waals surface area contributed by atoms with E-state index in [0.29, 0.717) is 127 Å². The number of hydrogen-bond acceptors (Lipinski definition) is 16. The van der Waals surface area contributed by atoms with Gasteiger partial charge in [-0.05, 0) is 109 Å². The van der Waals surface area contributed by atoms with E-state index >= 15 is 0 Å². The SMILES string of the molecule is COc1cc(/C=C/C(=O)N2CCC=CC2=O)cc(OC)c1OCCN(CCOc1c(OC)cc(/C=C/C(=O)N2CCC=CC2=O)cc1OC)CCOc1c(OC)cc(/C=C/C(=O)N2CCC=CC2=O)cc1OC. The van der Waals surface area contributed by atoms with Crippen LogP contribution in [0.5, 0.6) is 51.7 Å². The Labute approximate surface area is 424 Å². The van der Waals surface area contributed by atoms with Crippen molar-refractivity contribution in [2.45, 2.75) is 19.3 Å². The van der Waals surface area contributed by atoms with E-state index in [1.165, 1.54) is 93.8 Å². The molecule has 0 N–H and O–H groups in total. The number of nitrogens with zero attached hydrogens (tertiary/aromatic N) is 4. The van der Waals surface area contributed by atoms with Gasteiger partial charge in [-0.3, -0.25) is 48.4 Å². The van der Waals surface area contributed by atoms with Gasteiger partial charge >= 0.3 is 0 Å². The zero-order chi connectivity index (χ0) is 52.3. The van der Waals surface area contributed by atoms with Gasteiger partial charge in [0.2, 0.25) is 17.2 Å². The van der Waals surface area contributed by atoms with E-state index in [4.69, 9.17) is 42.6 Å². The Morgan fingerprint density at radius 3 is 0.904 bits per heavy atom.